The van der Waals surface area contributed by atoms with Crippen molar-refractivity contribution in [2.45, 2.75) is 19.7 Å². The zero-order valence-electron chi connectivity index (χ0n) is 12.6. The van der Waals surface area contributed by atoms with Crippen molar-refractivity contribution in [3.63, 3.8) is 0 Å². The molecule has 0 aliphatic rings. The summed E-state index contributed by atoms with van der Waals surface area (Å²) in [7, 11) is 0. The van der Waals surface area contributed by atoms with E-state index in [1.165, 1.54) is 13.0 Å². The largest absolute Gasteiger partial charge is 0.489 e. The van der Waals surface area contributed by atoms with Crippen LogP contribution >= 0.6 is 0 Å². The molecule has 0 saturated heterocycles. The van der Waals surface area contributed by atoms with Crippen molar-refractivity contribution in [2.24, 2.45) is 0 Å². The average molecular weight is 335 g/mol. The summed E-state index contributed by atoms with van der Waals surface area (Å²) in [5, 5.41) is 4.25. The van der Waals surface area contributed by atoms with Crippen molar-refractivity contribution in [3.05, 3.63) is 59.3 Å². The van der Waals surface area contributed by atoms with Gasteiger partial charge in [0.05, 0.1) is 10.9 Å². The minimum atomic E-state index is -4.39. The number of carbonyl (C=O) groups is 1. The highest BCUT2D eigenvalue weighted by atomic mass is 19.4. The lowest BCUT2D eigenvalue weighted by molar-refractivity contribution is -0.137. The van der Waals surface area contributed by atoms with Crippen LogP contribution in [0.25, 0.3) is 11.0 Å². The summed E-state index contributed by atoms with van der Waals surface area (Å²) in [5.74, 6) is 0.192. The van der Waals surface area contributed by atoms with E-state index in [4.69, 9.17) is 9.26 Å². The number of rotatable bonds is 4. The number of hydrogen-bond donors (Lipinski definition) is 0. The van der Waals surface area contributed by atoms with Gasteiger partial charge in [0.25, 0.3) is 0 Å². The zero-order chi connectivity index (χ0) is 17.3. The predicted octanol–water partition coefficient (Wildman–Crippen LogP) is 4.63. The molecule has 0 amide bonds. The van der Waals surface area contributed by atoms with Crippen LogP contribution in [-0.2, 0) is 12.8 Å². The first-order valence-corrected chi connectivity index (χ1v) is 7.04. The van der Waals surface area contributed by atoms with Crippen LogP contribution < -0.4 is 4.74 Å². The van der Waals surface area contributed by atoms with E-state index in [-0.39, 0.29) is 18.1 Å². The first-order valence-electron chi connectivity index (χ1n) is 7.04. The van der Waals surface area contributed by atoms with Crippen LogP contribution in [0.5, 0.6) is 5.75 Å². The Labute approximate surface area is 134 Å². The molecule has 24 heavy (non-hydrogen) atoms. The fraction of sp³-hybridized carbons (Fsp3) is 0.176. The number of hydrogen-bond acceptors (Lipinski definition) is 4. The smallest absolute Gasteiger partial charge is 0.416 e. The first-order chi connectivity index (χ1) is 11.3. The Bertz CT molecular complexity index is 899. The van der Waals surface area contributed by atoms with Crippen LogP contribution in [0.15, 0.2) is 47.0 Å². The fourth-order valence-corrected chi connectivity index (χ4v) is 2.27. The van der Waals surface area contributed by atoms with Gasteiger partial charge in [-0.3, -0.25) is 4.79 Å². The second-order valence-electron chi connectivity index (χ2n) is 5.23. The maximum absolute atomic E-state index is 12.7. The first kappa shape index (κ1) is 16.0. The van der Waals surface area contributed by atoms with Gasteiger partial charge in [-0.15, -0.1) is 0 Å². The third kappa shape index (κ3) is 3.24. The molecule has 0 bridgehead atoms. The number of ketones is 1. The zero-order valence-corrected chi connectivity index (χ0v) is 12.6. The summed E-state index contributed by atoms with van der Waals surface area (Å²) >= 11 is 0. The van der Waals surface area contributed by atoms with Crippen LogP contribution in [0, 0.1) is 0 Å². The second kappa shape index (κ2) is 5.99. The molecule has 0 radical (unpaired) electrons. The molecule has 124 valence electrons. The Balaban J connectivity index is 1.78. The Hall–Kier alpha value is -2.83. The highest BCUT2D eigenvalue weighted by molar-refractivity contribution is 6.04. The van der Waals surface area contributed by atoms with Gasteiger partial charge in [-0.2, -0.15) is 13.2 Å². The van der Waals surface area contributed by atoms with E-state index < -0.39 is 11.7 Å². The summed E-state index contributed by atoms with van der Waals surface area (Å²) in [6.07, 6.45) is -4.39. The molecule has 0 spiro atoms. The number of carbonyl (C=O) groups excluding carboxylic acids is 1. The summed E-state index contributed by atoms with van der Waals surface area (Å²) in [6.45, 7) is 1.36. The Morgan fingerprint density at radius 1 is 1.21 bits per heavy atom. The maximum atomic E-state index is 12.7. The molecule has 4 nitrogen and oxygen atoms in total. The van der Waals surface area contributed by atoms with Crippen molar-refractivity contribution >= 4 is 16.8 Å². The van der Waals surface area contributed by atoms with Crippen LogP contribution in [-0.4, -0.2) is 10.9 Å². The van der Waals surface area contributed by atoms with Crippen LogP contribution in [0.2, 0.25) is 0 Å². The van der Waals surface area contributed by atoms with Gasteiger partial charge < -0.3 is 9.26 Å². The minimum Gasteiger partial charge on any atom is -0.489 e. The van der Waals surface area contributed by atoms with E-state index in [0.717, 1.165) is 12.1 Å². The van der Waals surface area contributed by atoms with Gasteiger partial charge in [0.15, 0.2) is 17.1 Å². The Kier molecular flexibility index (Phi) is 4.01. The van der Waals surface area contributed by atoms with Gasteiger partial charge in [0.2, 0.25) is 0 Å². The molecule has 0 N–H and O–H groups in total. The Morgan fingerprint density at radius 2 is 2.00 bits per heavy atom. The Morgan fingerprint density at radius 3 is 2.71 bits per heavy atom. The molecule has 1 aromatic heterocycles. The molecule has 3 rings (SSSR count). The molecule has 0 fully saturated rings. The SMILES string of the molecule is CC(=O)c1noc2cc(OCc3cccc(C(F)(F)F)c3)ccc12. The molecule has 3 aromatic rings. The van der Waals surface area contributed by atoms with Gasteiger partial charge in [-0.25, -0.2) is 0 Å². The number of aromatic nitrogens is 1. The van der Waals surface area contributed by atoms with Crippen molar-refractivity contribution in [1.29, 1.82) is 0 Å². The van der Waals surface area contributed by atoms with Gasteiger partial charge in [0, 0.05) is 13.0 Å². The number of ether oxygens (including phenoxy) is 1. The molecular formula is C17H12F3NO3. The molecule has 1 heterocycles. The number of Topliss-reactive ketones (excluding diaryl/α,β-unsaturated/α-hetero) is 1. The van der Waals surface area contributed by atoms with E-state index >= 15 is 0 Å². The number of alkyl halides is 3. The molecule has 0 aliphatic carbocycles. The standard InChI is InChI=1S/C17H12F3NO3/c1-10(22)16-14-6-5-13(8-15(14)24-21-16)23-9-11-3-2-4-12(7-11)17(18,19)20/h2-8H,9H2,1H3. The van der Waals surface area contributed by atoms with Gasteiger partial charge in [-0.1, -0.05) is 17.3 Å². The second-order valence-corrected chi connectivity index (χ2v) is 5.23. The van der Waals surface area contributed by atoms with E-state index in [1.54, 1.807) is 24.3 Å². The van der Waals surface area contributed by atoms with Crippen molar-refractivity contribution in [3.8, 4) is 5.75 Å². The van der Waals surface area contributed by atoms with E-state index in [1.807, 2.05) is 0 Å². The number of benzene rings is 2. The lowest BCUT2D eigenvalue weighted by Gasteiger charge is -2.10. The summed E-state index contributed by atoms with van der Waals surface area (Å²) < 4.78 is 48.6. The van der Waals surface area contributed by atoms with E-state index in [9.17, 15) is 18.0 Å². The molecule has 0 aliphatic heterocycles. The van der Waals surface area contributed by atoms with Crippen molar-refractivity contribution < 1.29 is 27.2 Å². The van der Waals surface area contributed by atoms with Gasteiger partial charge >= 0.3 is 6.18 Å². The summed E-state index contributed by atoms with van der Waals surface area (Å²) in [6, 6.07) is 9.72. The number of fused-ring (bicyclic) bond motifs is 1. The molecule has 2 aromatic carbocycles. The van der Waals surface area contributed by atoms with Crippen LogP contribution in [0.4, 0.5) is 13.2 Å². The normalized spacial score (nSPS) is 11.7. The summed E-state index contributed by atoms with van der Waals surface area (Å²) in [5.41, 5.74) is 0.281. The van der Waals surface area contributed by atoms with Gasteiger partial charge in [-0.05, 0) is 29.8 Å². The highest BCUT2D eigenvalue weighted by Gasteiger charge is 2.30. The fourth-order valence-electron chi connectivity index (χ4n) is 2.27. The quantitative estimate of drug-likeness (QED) is 0.653. The van der Waals surface area contributed by atoms with E-state index in [2.05, 4.69) is 5.16 Å². The van der Waals surface area contributed by atoms with Crippen molar-refractivity contribution in [2.75, 3.05) is 0 Å². The minimum absolute atomic E-state index is 0.0247. The lowest BCUT2D eigenvalue weighted by atomic mass is 10.1. The number of halogens is 3. The highest BCUT2D eigenvalue weighted by Crippen LogP contribution is 2.30. The van der Waals surface area contributed by atoms with Crippen LogP contribution in [0.1, 0.15) is 28.5 Å². The maximum Gasteiger partial charge on any atom is 0.416 e. The lowest BCUT2D eigenvalue weighted by Crippen LogP contribution is -2.06. The van der Waals surface area contributed by atoms with Crippen LogP contribution in [0.3, 0.4) is 0 Å². The average Bonchev–Trinajstić information content (AvgIpc) is 2.96. The molecular weight excluding hydrogens is 323 g/mol. The third-order valence-electron chi connectivity index (χ3n) is 3.44. The third-order valence-corrected chi connectivity index (χ3v) is 3.44. The molecule has 7 heteroatoms. The predicted molar refractivity (Wildman–Crippen MR) is 79.8 cm³/mol. The van der Waals surface area contributed by atoms with E-state index in [0.29, 0.717) is 22.3 Å². The topological polar surface area (TPSA) is 52.3 Å². The molecule has 0 saturated carbocycles. The molecule has 0 atom stereocenters. The molecule has 0 unspecified atom stereocenters. The van der Waals surface area contributed by atoms with Crippen molar-refractivity contribution in [1.82, 2.24) is 5.16 Å². The van der Waals surface area contributed by atoms with Gasteiger partial charge in [0.1, 0.15) is 12.4 Å². The monoisotopic (exact) mass is 335 g/mol. The number of nitrogens with zero attached hydrogens (tertiary/aromatic N) is 1. The summed E-state index contributed by atoms with van der Waals surface area (Å²) in [4.78, 5) is 11.4.